The third-order valence-electron chi connectivity index (χ3n) is 4.92. The predicted molar refractivity (Wildman–Crippen MR) is 121 cm³/mol. The van der Waals surface area contributed by atoms with Crippen LogP contribution in [0.3, 0.4) is 0 Å². The lowest BCUT2D eigenvalue weighted by Crippen LogP contribution is -2.21. The highest BCUT2D eigenvalue weighted by Gasteiger charge is 2.30. The Morgan fingerprint density at radius 1 is 1.00 bits per heavy atom. The van der Waals surface area contributed by atoms with Crippen LogP contribution in [0.1, 0.15) is 23.2 Å². The molecule has 0 saturated heterocycles. The molecule has 0 bridgehead atoms. The van der Waals surface area contributed by atoms with Crippen LogP contribution in [-0.4, -0.2) is 40.8 Å². The van der Waals surface area contributed by atoms with Crippen LogP contribution in [0.5, 0.6) is 0 Å². The molecule has 0 atom stereocenters. The number of nitrogens with one attached hydrogen (secondary N) is 3. The van der Waals surface area contributed by atoms with Gasteiger partial charge in [-0.3, -0.25) is 9.59 Å². The van der Waals surface area contributed by atoms with Crippen LogP contribution >= 0.6 is 0 Å². The van der Waals surface area contributed by atoms with Crippen LogP contribution in [0.25, 0.3) is 0 Å². The second-order valence-corrected chi connectivity index (χ2v) is 7.73. The maximum Gasteiger partial charge on any atom is 0.253 e. The first kappa shape index (κ1) is 21.2. The molecule has 2 aromatic carbocycles. The van der Waals surface area contributed by atoms with Crippen LogP contribution in [0.4, 0.5) is 33.2 Å². The Labute approximate surface area is 184 Å². The Bertz CT molecular complexity index is 1150. The third kappa shape index (κ3) is 5.00. The van der Waals surface area contributed by atoms with Crippen molar-refractivity contribution >= 4 is 40.6 Å². The number of carbonyl (C=O) groups excluding carboxylic acids is 2. The first-order valence-electron chi connectivity index (χ1n) is 10.2. The highest BCUT2D eigenvalue weighted by atomic mass is 19.1. The average Bonchev–Trinajstić information content (AvgIpc) is 3.63. The summed E-state index contributed by atoms with van der Waals surface area (Å²) in [6.45, 7) is 0. The third-order valence-corrected chi connectivity index (χ3v) is 4.92. The van der Waals surface area contributed by atoms with Gasteiger partial charge in [-0.25, -0.2) is 9.37 Å². The normalized spacial score (nSPS) is 12.7. The first-order chi connectivity index (χ1) is 15.4. The van der Waals surface area contributed by atoms with Crippen molar-refractivity contribution in [2.24, 2.45) is 5.92 Å². The van der Waals surface area contributed by atoms with Crippen molar-refractivity contribution in [1.82, 2.24) is 14.9 Å². The second-order valence-electron chi connectivity index (χ2n) is 7.73. The number of anilines is 5. The standard InChI is InChI=1S/C23H23FN6O2/c1-30(2)22(32)15-9-11-16(12-10-15)26-23-25-13-17(24)20(29-23)27-18-5-3-4-6-19(18)28-21(31)14-7-8-14/h3-6,9-14H,7-8H2,1-2H3,(H,28,31)(H2,25,26,27,29). The Morgan fingerprint density at radius 2 is 1.69 bits per heavy atom. The van der Waals surface area contributed by atoms with Crippen LogP contribution in [0.2, 0.25) is 0 Å². The van der Waals surface area contributed by atoms with E-state index >= 15 is 0 Å². The number of halogens is 1. The van der Waals surface area contributed by atoms with Gasteiger partial charge in [0.05, 0.1) is 17.6 Å². The van der Waals surface area contributed by atoms with Gasteiger partial charge >= 0.3 is 0 Å². The molecule has 1 aliphatic carbocycles. The number of rotatable bonds is 7. The highest BCUT2D eigenvalue weighted by molar-refractivity contribution is 5.97. The van der Waals surface area contributed by atoms with Gasteiger partial charge < -0.3 is 20.9 Å². The zero-order valence-electron chi connectivity index (χ0n) is 17.7. The van der Waals surface area contributed by atoms with E-state index in [0.29, 0.717) is 22.6 Å². The molecule has 0 unspecified atom stereocenters. The molecule has 32 heavy (non-hydrogen) atoms. The molecule has 0 radical (unpaired) electrons. The van der Waals surface area contributed by atoms with E-state index in [0.717, 1.165) is 19.0 Å². The van der Waals surface area contributed by atoms with Crippen molar-refractivity contribution in [2.75, 3.05) is 30.0 Å². The van der Waals surface area contributed by atoms with E-state index in [2.05, 4.69) is 25.9 Å². The van der Waals surface area contributed by atoms with Gasteiger partial charge in [-0.2, -0.15) is 4.98 Å². The van der Waals surface area contributed by atoms with E-state index in [1.807, 2.05) is 0 Å². The lowest BCUT2D eigenvalue weighted by Gasteiger charge is -2.14. The number of hydrogen-bond acceptors (Lipinski definition) is 6. The van der Waals surface area contributed by atoms with Crippen molar-refractivity contribution < 1.29 is 14.0 Å². The number of nitrogens with zero attached hydrogens (tertiary/aromatic N) is 3. The fraction of sp³-hybridized carbons (Fsp3) is 0.217. The van der Waals surface area contributed by atoms with Crippen LogP contribution in [0, 0.1) is 11.7 Å². The van der Waals surface area contributed by atoms with Gasteiger partial charge in [0.25, 0.3) is 5.91 Å². The lowest BCUT2D eigenvalue weighted by molar-refractivity contribution is -0.117. The summed E-state index contributed by atoms with van der Waals surface area (Å²) in [6.07, 6.45) is 2.84. The van der Waals surface area contributed by atoms with Gasteiger partial charge in [0.15, 0.2) is 11.6 Å². The molecule has 1 fully saturated rings. The summed E-state index contributed by atoms with van der Waals surface area (Å²) in [7, 11) is 3.37. The zero-order chi connectivity index (χ0) is 22.7. The minimum absolute atomic E-state index is 0.0324. The van der Waals surface area contributed by atoms with E-state index < -0.39 is 5.82 Å². The molecule has 2 amide bonds. The Morgan fingerprint density at radius 3 is 2.34 bits per heavy atom. The predicted octanol–water partition coefficient (Wildman–Crippen LogP) is 4.15. The monoisotopic (exact) mass is 434 g/mol. The topological polar surface area (TPSA) is 99.3 Å². The number of amides is 2. The van der Waals surface area contributed by atoms with Gasteiger partial charge in [-0.15, -0.1) is 0 Å². The van der Waals surface area contributed by atoms with Crippen molar-refractivity contribution in [3.63, 3.8) is 0 Å². The number of benzene rings is 2. The van der Waals surface area contributed by atoms with Gasteiger partial charge in [-0.05, 0) is 49.2 Å². The molecule has 8 nitrogen and oxygen atoms in total. The summed E-state index contributed by atoms with van der Waals surface area (Å²) < 4.78 is 14.4. The van der Waals surface area contributed by atoms with E-state index in [-0.39, 0.29) is 29.5 Å². The average molecular weight is 434 g/mol. The van der Waals surface area contributed by atoms with Crippen molar-refractivity contribution in [3.8, 4) is 0 Å². The van der Waals surface area contributed by atoms with Crippen molar-refractivity contribution in [3.05, 3.63) is 66.1 Å². The zero-order valence-corrected chi connectivity index (χ0v) is 17.7. The molecule has 0 aliphatic heterocycles. The lowest BCUT2D eigenvalue weighted by atomic mass is 10.2. The minimum atomic E-state index is -0.634. The van der Waals surface area contributed by atoms with E-state index in [9.17, 15) is 14.0 Å². The molecule has 3 N–H and O–H groups in total. The molecule has 1 heterocycles. The molecular formula is C23H23FN6O2. The molecular weight excluding hydrogens is 411 g/mol. The maximum absolute atomic E-state index is 14.4. The van der Waals surface area contributed by atoms with Gasteiger partial charge in [-0.1, -0.05) is 12.1 Å². The number of hydrogen-bond donors (Lipinski definition) is 3. The Balaban J connectivity index is 1.50. The number of aromatic nitrogens is 2. The summed E-state index contributed by atoms with van der Waals surface area (Å²) in [5, 5.41) is 8.81. The van der Waals surface area contributed by atoms with Gasteiger partial charge in [0, 0.05) is 31.3 Å². The van der Waals surface area contributed by atoms with E-state index in [1.165, 1.54) is 4.90 Å². The highest BCUT2D eigenvalue weighted by Crippen LogP contribution is 2.32. The summed E-state index contributed by atoms with van der Waals surface area (Å²) in [6, 6.07) is 13.9. The summed E-state index contributed by atoms with van der Waals surface area (Å²) in [4.78, 5) is 33.8. The molecule has 9 heteroatoms. The summed E-state index contributed by atoms with van der Waals surface area (Å²) in [5.74, 6) is -0.579. The number of carbonyl (C=O) groups is 2. The fourth-order valence-corrected chi connectivity index (χ4v) is 3.01. The molecule has 1 saturated carbocycles. The largest absolute Gasteiger partial charge is 0.345 e. The smallest absolute Gasteiger partial charge is 0.253 e. The Hall–Kier alpha value is -4.01. The maximum atomic E-state index is 14.4. The van der Waals surface area contributed by atoms with Crippen molar-refractivity contribution in [2.45, 2.75) is 12.8 Å². The quantitative estimate of drug-likeness (QED) is 0.517. The molecule has 0 spiro atoms. The summed E-state index contributed by atoms with van der Waals surface area (Å²) >= 11 is 0. The van der Waals surface area contributed by atoms with Crippen molar-refractivity contribution in [1.29, 1.82) is 0 Å². The fourth-order valence-electron chi connectivity index (χ4n) is 3.01. The van der Waals surface area contributed by atoms with Crippen LogP contribution in [0.15, 0.2) is 54.7 Å². The molecule has 3 aromatic rings. The number of para-hydroxylation sites is 2. The molecule has 1 aliphatic rings. The summed E-state index contributed by atoms with van der Waals surface area (Å²) in [5.41, 5.74) is 2.28. The van der Waals surface area contributed by atoms with Crippen LogP contribution in [-0.2, 0) is 4.79 Å². The van der Waals surface area contributed by atoms with Gasteiger partial charge in [0.2, 0.25) is 11.9 Å². The van der Waals surface area contributed by atoms with E-state index in [4.69, 9.17) is 0 Å². The molecule has 164 valence electrons. The molecule has 4 rings (SSSR count). The van der Waals surface area contributed by atoms with E-state index in [1.54, 1.807) is 62.6 Å². The first-order valence-corrected chi connectivity index (χ1v) is 10.2. The SMILES string of the molecule is CN(C)C(=O)c1ccc(Nc2ncc(F)c(Nc3ccccc3NC(=O)C3CC3)n2)cc1. The Kier molecular flexibility index (Phi) is 5.98. The van der Waals surface area contributed by atoms with Gasteiger partial charge in [0.1, 0.15) is 0 Å². The second kappa shape index (κ2) is 9.01. The molecule has 1 aromatic heterocycles. The minimum Gasteiger partial charge on any atom is -0.345 e. The van der Waals surface area contributed by atoms with Crippen LogP contribution < -0.4 is 16.0 Å².